The normalized spacial score (nSPS) is 18.2. The fourth-order valence-corrected chi connectivity index (χ4v) is 2.60. The number of ketones is 1. The predicted octanol–water partition coefficient (Wildman–Crippen LogP) is 3.03. The lowest BCUT2D eigenvalue weighted by Gasteiger charge is -2.21. The van der Waals surface area contributed by atoms with Crippen LogP contribution in [-0.4, -0.2) is 32.1 Å². The molecule has 2 rings (SSSR count). The summed E-state index contributed by atoms with van der Waals surface area (Å²) in [5, 5.41) is 0.249. The average molecular weight is 313 g/mol. The van der Waals surface area contributed by atoms with Gasteiger partial charge in [0.05, 0.1) is 24.8 Å². The molecule has 114 valence electrons. The zero-order chi connectivity index (χ0) is 15.4. The second-order valence-electron chi connectivity index (χ2n) is 4.80. The van der Waals surface area contributed by atoms with E-state index in [9.17, 15) is 9.59 Å². The molecule has 1 aromatic rings. The number of methoxy groups -OCH3 is 2. The Labute approximate surface area is 128 Å². The maximum atomic E-state index is 12.1. The van der Waals surface area contributed by atoms with Gasteiger partial charge < -0.3 is 14.2 Å². The van der Waals surface area contributed by atoms with Crippen molar-refractivity contribution in [2.45, 2.75) is 31.8 Å². The lowest BCUT2D eigenvalue weighted by Crippen LogP contribution is -2.30. The number of ether oxygens (including phenoxy) is 3. The Kier molecular flexibility index (Phi) is 5.07. The van der Waals surface area contributed by atoms with Crippen LogP contribution in [0.25, 0.3) is 0 Å². The Morgan fingerprint density at radius 1 is 1.24 bits per heavy atom. The molecule has 21 heavy (non-hydrogen) atoms. The molecule has 0 N–H and O–H groups in total. The highest BCUT2D eigenvalue weighted by Crippen LogP contribution is 2.36. The molecule has 0 unspecified atom stereocenters. The molecule has 6 heteroatoms. The first-order valence-electron chi connectivity index (χ1n) is 6.72. The molecule has 1 aliphatic rings. The number of Topliss-reactive ketones (excluding diaryl/α,β-unsaturated/α-hetero) is 1. The van der Waals surface area contributed by atoms with Crippen molar-refractivity contribution >= 4 is 23.4 Å². The van der Waals surface area contributed by atoms with Crippen LogP contribution < -0.4 is 9.47 Å². The van der Waals surface area contributed by atoms with E-state index in [2.05, 4.69) is 0 Å². The van der Waals surface area contributed by atoms with E-state index in [0.717, 1.165) is 12.8 Å². The van der Waals surface area contributed by atoms with Gasteiger partial charge in [0.1, 0.15) is 0 Å². The van der Waals surface area contributed by atoms with E-state index in [1.807, 2.05) is 0 Å². The second-order valence-corrected chi connectivity index (χ2v) is 5.21. The topological polar surface area (TPSA) is 61.8 Å². The molecule has 0 radical (unpaired) electrons. The summed E-state index contributed by atoms with van der Waals surface area (Å²) in [6.07, 6.45) is 2.12. The molecule has 5 nitrogen and oxygen atoms in total. The smallest absolute Gasteiger partial charge is 0.339 e. The van der Waals surface area contributed by atoms with Crippen molar-refractivity contribution in [1.82, 2.24) is 0 Å². The van der Waals surface area contributed by atoms with Gasteiger partial charge in [0.25, 0.3) is 0 Å². The van der Waals surface area contributed by atoms with E-state index in [4.69, 9.17) is 25.8 Å². The largest absolute Gasteiger partial charge is 0.493 e. The van der Waals surface area contributed by atoms with Gasteiger partial charge in [-0.25, -0.2) is 4.79 Å². The molecular formula is C15H17ClO5. The molecule has 1 aliphatic carbocycles. The first-order valence-corrected chi connectivity index (χ1v) is 7.09. The van der Waals surface area contributed by atoms with Gasteiger partial charge in [0, 0.05) is 6.42 Å². The lowest BCUT2D eigenvalue weighted by atomic mass is 9.96. The van der Waals surface area contributed by atoms with Crippen molar-refractivity contribution in [3.63, 3.8) is 0 Å². The summed E-state index contributed by atoms with van der Waals surface area (Å²) in [6.45, 7) is 0. The summed E-state index contributed by atoms with van der Waals surface area (Å²) in [4.78, 5) is 23.9. The molecule has 1 atom stereocenters. The van der Waals surface area contributed by atoms with Crippen LogP contribution in [0.5, 0.6) is 11.5 Å². The van der Waals surface area contributed by atoms with E-state index < -0.39 is 12.1 Å². The van der Waals surface area contributed by atoms with Crippen molar-refractivity contribution in [2.24, 2.45) is 0 Å². The summed E-state index contributed by atoms with van der Waals surface area (Å²) >= 11 is 6.05. The van der Waals surface area contributed by atoms with Crippen LogP contribution in [0.3, 0.4) is 0 Å². The Bertz CT molecular complexity index is 555. The molecule has 0 amide bonds. The molecular weight excluding hydrogens is 296 g/mol. The first-order chi connectivity index (χ1) is 10.1. The maximum absolute atomic E-state index is 12.1. The SMILES string of the molecule is COc1cc(C(=O)O[C@@H]2CCCCC2=O)cc(Cl)c1OC. The standard InChI is InChI=1S/C15H17ClO5/c1-19-13-8-9(7-10(16)14(13)20-2)15(18)21-12-6-4-3-5-11(12)17/h7-8,12H,3-6H2,1-2H3/t12-/m1/s1. The highest BCUT2D eigenvalue weighted by Gasteiger charge is 2.27. The molecule has 0 bridgehead atoms. The Morgan fingerprint density at radius 3 is 2.62 bits per heavy atom. The molecule has 0 spiro atoms. The van der Waals surface area contributed by atoms with Crippen LogP contribution in [0.4, 0.5) is 0 Å². The molecule has 1 aromatic carbocycles. The third kappa shape index (κ3) is 3.47. The molecule has 0 aromatic heterocycles. The third-order valence-corrected chi connectivity index (χ3v) is 3.70. The Morgan fingerprint density at radius 2 is 2.00 bits per heavy atom. The average Bonchev–Trinajstić information content (AvgIpc) is 2.48. The van der Waals surface area contributed by atoms with Crippen molar-refractivity contribution in [2.75, 3.05) is 14.2 Å². The number of rotatable bonds is 4. The molecule has 1 fully saturated rings. The van der Waals surface area contributed by atoms with Crippen molar-refractivity contribution in [3.05, 3.63) is 22.7 Å². The predicted molar refractivity (Wildman–Crippen MR) is 77.2 cm³/mol. The Balaban J connectivity index is 2.19. The summed E-state index contributed by atoms with van der Waals surface area (Å²) in [5.74, 6) is 0.0793. The number of carbonyl (C=O) groups excluding carboxylic acids is 2. The first kappa shape index (κ1) is 15.6. The van der Waals surface area contributed by atoms with E-state index in [1.54, 1.807) is 0 Å². The number of esters is 1. The van der Waals surface area contributed by atoms with Gasteiger partial charge in [0.15, 0.2) is 23.4 Å². The summed E-state index contributed by atoms with van der Waals surface area (Å²) < 4.78 is 15.5. The van der Waals surface area contributed by atoms with E-state index in [1.165, 1.54) is 26.4 Å². The number of benzene rings is 1. The molecule has 1 saturated carbocycles. The molecule has 0 aliphatic heterocycles. The second kappa shape index (κ2) is 6.80. The number of hydrogen-bond acceptors (Lipinski definition) is 5. The highest BCUT2D eigenvalue weighted by atomic mass is 35.5. The van der Waals surface area contributed by atoms with Crippen molar-refractivity contribution in [1.29, 1.82) is 0 Å². The summed E-state index contributed by atoms with van der Waals surface area (Å²) in [5.41, 5.74) is 0.232. The molecule has 0 heterocycles. The van der Waals surface area contributed by atoms with Crippen molar-refractivity contribution in [3.8, 4) is 11.5 Å². The van der Waals surface area contributed by atoms with Crippen LogP contribution in [0.1, 0.15) is 36.0 Å². The van der Waals surface area contributed by atoms with Gasteiger partial charge in [0.2, 0.25) is 0 Å². The van der Waals surface area contributed by atoms with Gasteiger partial charge in [-0.1, -0.05) is 11.6 Å². The quantitative estimate of drug-likeness (QED) is 0.800. The minimum atomic E-state index is -0.655. The van der Waals surface area contributed by atoms with Crippen LogP contribution in [0.15, 0.2) is 12.1 Å². The number of carbonyl (C=O) groups is 2. The fourth-order valence-electron chi connectivity index (χ4n) is 2.31. The van der Waals surface area contributed by atoms with E-state index in [0.29, 0.717) is 24.3 Å². The van der Waals surface area contributed by atoms with Crippen LogP contribution in [0.2, 0.25) is 5.02 Å². The van der Waals surface area contributed by atoms with E-state index >= 15 is 0 Å². The Hall–Kier alpha value is -1.75. The number of halogens is 1. The van der Waals surface area contributed by atoms with Gasteiger partial charge in [-0.2, -0.15) is 0 Å². The van der Waals surface area contributed by atoms with Crippen LogP contribution in [-0.2, 0) is 9.53 Å². The monoisotopic (exact) mass is 312 g/mol. The van der Waals surface area contributed by atoms with Crippen LogP contribution >= 0.6 is 11.6 Å². The lowest BCUT2D eigenvalue weighted by molar-refractivity contribution is -0.129. The number of hydrogen-bond donors (Lipinski definition) is 0. The van der Waals surface area contributed by atoms with Crippen molar-refractivity contribution < 1.29 is 23.8 Å². The van der Waals surface area contributed by atoms with Gasteiger partial charge >= 0.3 is 5.97 Å². The zero-order valence-electron chi connectivity index (χ0n) is 12.0. The highest BCUT2D eigenvalue weighted by molar-refractivity contribution is 6.32. The van der Waals surface area contributed by atoms with Crippen LogP contribution in [0, 0.1) is 0 Å². The zero-order valence-corrected chi connectivity index (χ0v) is 12.7. The summed E-state index contributed by atoms with van der Waals surface area (Å²) in [6, 6.07) is 2.93. The fraction of sp³-hybridized carbons (Fsp3) is 0.467. The van der Waals surface area contributed by atoms with Gasteiger partial charge in [-0.15, -0.1) is 0 Å². The minimum absolute atomic E-state index is 0.0267. The minimum Gasteiger partial charge on any atom is -0.493 e. The third-order valence-electron chi connectivity index (χ3n) is 3.42. The molecule has 0 saturated heterocycles. The van der Waals surface area contributed by atoms with E-state index in [-0.39, 0.29) is 16.4 Å². The van der Waals surface area contributed by atoms with Gasteiger partial charge in [-0.3, -0.25) is 4.79 Å². The van der Waals surface area contributed by atoms with Gasteiger partial charge in [-0.05, 0) is 31.4 Å². The maximum Gasteiger partial charge on any atom is 0.339 e. The summed E-state index contributed by atoms with van der Waals surface area (Å²) in [7, 11) is 2.91.